The molecule has 0 saturated carbocycles. The van der Waals surface area contributed by atoms with Crippen LogP contribution in [0.15, 0.2) is 54.6 Å². The van der Waals surface area contributed by atoms with E-state index < -0.39 is 0 Å². The molecule has 0 bridgehead atoms. The average molecular weight is 226 g/mol. The predicted molar refractivity (Wildman–Crippen MR) is 70.9 cm³/mol. The highest BCUT2D eigenvalue weighted by molar-refractivity contribution is 5.96. The Morgan fingerprint density at radius 2 is 1.94 bits per heavy atom. The monoisotopic (exact) mass is 226 g/mol. The number of rotatable bonds is 3. The van der Waals surface area contributed by atoms with E-state index in [4.69, 9.17) is 0 Å². The van der Waals surface area contributed by atoms with Crippen molar-refractivity contribution in [1.29, 1.82) is 0 Å². The third kappa shape index (κ3) is 2.55. The maximum atomic E-state index is 12.2. The molecule has 1 aromatic carbocycles. The van der Waals surface area contributed by atoms with Gasteiger partial charge in [-0.2, -0.15) is 0 Å². The summed E-state index contributed by atoms with van der Waals surface area (Å²) in [5.74, 6) is 0.625. The summed E-state index contributed by atoms with van der Waals surface area (Å²) in [6.45, 7) is 4.32. The molecule has 1 nitrogen and oxygen atoms in total. The Morgan fingerprint density at radius 1 is 1.24 bits per heavy atom. The van der Waals surface area contributed by atoms with E-state index in [9.17, 15) is 4.79 Å². The molecule has 2 atom stereocenters. The molecule has 0 N–H and O–H groups in total. The third-order valence-electron chi connectivity index (χ3n) is 3.67. The maximum absolute atomic E-state index is 12.2. The summed E-state index contributed by atoms with van der Waals surface area (Å²) in [4.78, 5) is 12.2. The van der Waals surface area contributed by atoms with E-state index in [0.29, 0.717) is 12.3 Å². The fourth-order valence-electron chi connectivity index (χ4n) is 2.17. The Labute approximate surface area is 103 Å². The van der Waals surface area contributed by atoms with E-state index in [1.165, 1.54) is 0 Å². The van der Waals surface area contributed by atoms with Crippen LogP contribution in [0.3, 0.4) is 0 Å². The van der Waals surface area contributed by atoms with Gasteiger partial charge in [-0.15, -0.1) is 0 Å². The van der Waals surface area contributed by atoms with Crippen molar-refractivity contribution in [2.24, 2.45) is 11.3 Å². The lowest BCUT2D eigenvalue weighted by Gasteiger charge is -2.32. The van der Waals surface area contributed by atoms with E-state index in [0.717, 1.165) is 5.56 Å². The van der Waals surface area contributed by atoms with Crippen molar-refractivity contribution in [3.05, 3.63) is 60.2 Å². The standard InChI is InChI=1S/C16H18O/c1-13-8-6-7-11-16(13,2)12-15(17)14-9-4-3-5-10-14/h3-11,13H,12H2,1-2H3. The molecule has 0 saturated heterocycles. The van der Waals surface area contributed by atoms with Gasteiger partial charge in [0, 0.05) is 12.0 Å². The molecule has 1 heteroatoms. The lowest BCUT2D eigenvalue weighted by atomic mass is 9.71. The summed E-state index contributed by atoms with van der Waals surface area (Å²) in [5.41, 5.74) is 0.755. The number of allylic oxidation sites excluding steroid dienone is 4. The molecular formula is C16H18O. The number of hydrogen-bond donors (Lipinski definition) is 0. The van der Waals surface area contributed by atoms with Crippen molar-refractivity contribution in [2.75, 3.05) is 0 Å². The minimum absolute atomic E-state index is 0.0539. The fraction of sp³-hybridized carbons (Fsp3) is 0.312. The van der Waals surface area contributed by atoms with Crippen LogP contribution in [-0.2, 0) is 0 Å². The van der Waals surface area contributed by atoms with Crippen LogP contribution in [0.4, 0.5) is 0 Å². The Morgan fingerprint density at radius 3 is 2.59 bits per heavy atom. The van der Waals surface area contributed by atoms with Crippen LogP contribution in [0, 0.1) is 11.3 Å². The van der Waals surface area contributed by atoms with Crippen molar-refractivity contribution in [3.8, 4) is 0 Å². The summed E-state index contributed by atoms with van der Waals surface area (Å²) in [5, 5.41) is 0. The molecule has 0 heterocycles. The molecule has 1 aromatic rings. The smallest absolute Gasteiger partial charge is 0.163 e. The van der Waals surface area contributed by atoms with Gasteiger partial charge in [-0.1, -0.05) is 68.5 Å². The van der Waals surface area contributed by atoms with Gasteiger partial charge in [0.2, 0.25) is 0 Å². The van der Waals surface area contributed by atoms with Gasteiger partial charge >= 0.3 is 0 Å². The van der Waals surface area contributed by atoms with E-state index in [2.05, 4.69) is 32.1 Å². The predicted octanol–water partition coefficient (Wildman–Crippen LogP) is 4.03. The lowest BCUT2D eigenvalue weighted by molar-refractivity contribution is 0.0926. The van der Waals surface area contributed by atoms with Crippen molar-refractivity contribution >= 4 is 5.78 Å². The molecule has 2 unspecified atom stereocenters. The minimum Gasteiger partial charge on any atom is -0.294 e. The highest BCUT2D eigenvalue weighted by Crippen LogP contribution is 2.37. The molecule has 0 fully saturated rings. The average Bonchev–Trinajstić information content (AvgIpc) is 2.34. The summed E-state index contributed by atoms with van der Waals surface area (Å²) in [6.07, 6.45) is 8.98. The molecule has 0 radical (unpaired) electrons. The Hall–Kier alpha value is -1.63. The van der Waals surface area contributed by atoms with Crippen molar-refractivity contribution < 1.29 is 4.79 Å². The van der Waals surface area contributed by atoms with Crippen LogP contribution < -0.4 is 0 Å². The second-order valence-corrected chi connectivity index (χ2v) is 5.00. The number of carbonyl (C=O) groups excluding carboxylic acids is 1. The molecule has 1 aliphatic carbocycles. The van der Waals surface area contributed by atoms with Crippen LogP contribution >= 0.6 is 0 Å². The minimum atomic E-state index is -0.0539. The molecule has 17 heavy (non-hydrogen) atoms. The number of Topliss-reactive ketones (excluding diaryl/α,β-unsaturated/α-hetero) is 1. The van der Waals surface area contributed by atoms with Gasteiger partial charge in [-0.05, 0) is 11.3 Å². The normalized spacial score (nSPS) is 27.1. The summed E-state index contributed by atoms with van der Waals surface area (Å²) in [7, 11) is 0. The zero-order chi connectivity index (χ0) is 12.3. The zero-order valence-electron chi connectivity index (χ0n) is 10.4. The second-order valence-electron chi connectivity index (χ2n) is 5.00. The van der Waals surface area contributed by atoms with Gasteiger partial charge in [0.1, 0.15) is 0 Å². The zero-order valence-corrected chi connectivity index (χ0v) is 10.4. The highest BCUT2D eigenvalue weighted by Gasteiger charge is 2.30. The first kappa shape index (κ1) is 11.8. The van der Waals surface area contributed by atoms with E-state index in [-0.39, 0.29) is 11.2 Å². The SMILES string of the molecule is CC1C=CC=CC1(C)CC(=O)c1ccccc1. The molecular weight excluding hydrogens is 208 g/mol. The summed E-state index contributed by atoms with van der Waals surface area (Å²) >= 11 is 0. The van der Waals surface area contributed by atoms with Crippen LogP contribution in [0.2, 0.25) is 0 Å². The Balaban J connectivity index is 2.14. The Kier molecular flexibility index (Phi) is 3.28. The number of ketones is 1. The molecule has 0 amide bonds. The quantitative estimate of drug-likeness (QED) is 0.711. The van der Waals surface area contributed by atoms with E-state index in [1.54, 1.807) is 0 Å². The molecule has 0 aliphatic heterocycles. The second kappa shape index (κ2) is 4.70. The molecule has 0 spiro atoms. The first-order chi connectivity index (χ1) is 8.12. The van der Waals surface area contributed by atoms with Gasteiger partial charge in [0.05, 0.1) is 0 Å². The first-order valence-electron chi connectivity index (χ1n) is 6.06. The van der Waals surface area contributed by atoms with Gasteiger partial charge in [-0.3, -0.25) is 4.79 Å². The molecule has 1 aliphatic rings. The van der Waals surface area contributed by atoms with E-state index >= 15 is 0 Å². The van der Waals surface area contributed by atoms with Gasteiger partial charge in [0.25, 0.3) is 0 Å². The van der Waals surface area contributed by atoms with Gasteiger partial charge < -0.3 is 0 Å². The van der Waals surface area contributed by atoms with Crippen molar-refractivity contribution in [1.82, 2.24) is 0 Å². The van der Waals surface area contributed by atoms with Crippen LogP contribution in [0.1, 0.15) is 30.6 Å². The molecule has 88 valence electrons. The summed E-state index contributed by atoms with van der Waals surface area (Å²) < 4.78 is 0. The molecule has 2 rings (SSSR count). The number of hydrogen-bond acceptors (Lipinski definition) is 1. The topological polar surface area (TPSA) is 17.1 Å². The van der Waals surface area contributed by atoms with Crippen LogP contribution in [-0.4, -0.2) is 5.78 Å². The van der Waals surface area contributed by atoms with Crippen molar-refractivity contribution in [2.45, 2.75) is 20.3 Å². The number of carbonyl (C=O) groups is 1. The van der Waals surface area contributed by atoms with Gasteiger partial charge in [-0.25, -0.2) is 0 Å². The highest BCUT2D eigenvalue weighted by atomic mass is 16.1. The largest absolute Gasteiger partial charge is 0.294 e. The fourth-order valence-corrected chi connectivity index (χ4v) is 2.17. The third-order valence-corrected chi connectivity index (χ3v) is 3.67. The Bertz CT molecular complexity index is 456. The van der Waals surface area contributed by atoms with Crippen LogP contribution in [0.5, 0.6) is 0 Å². The van der Waals surface area contributed by atoms with Crippen molar-refractivity contribution in [3.63, 3.8) is 0 Å². The lowest BCUT2D eigenvalue weighted by Crippen LogP contribution is -2.26. The summed E-state index contributed by atoms with van der Waals surface area (Å²) in [6, 6.07) is 9.53. The maximum Gasteiger partial charge on any atom is 0.163 e. The van der Waals surface area contributed by atoms with E-state index in [1.807, 2.05) is 36.4 Å². The number of benzene rings is 1. The van der Waals surface area contributed by atoms with Crippen LogP contribution in [0.25, 0.3) is 0 Å². The molecule has 0 aromatic heterocycles. The van der Waals surface area contributed by atoms with Gasteiger partial charge in [0.15, 0.2) is 5.78 Å². The first-order valence-corrected chi connectivity index (χ1v) is 6.06.